The second-order valence-electron chi connectivity index (χ2n) is 14.0. The maximum absolute atomic E-state index is 5.38. The summed E-state index contributed by atoms with van der Waals surface area (Å²) in [6.45, 7) is 0. The van der Waals surface area contributed by atoms with Gasteiger partial charge in [0, 0.05) is 38.4 Å². The monoisotopic (exact) mass is 689 g/mol. The third-order valence-corrected chi connectivity index (χ3v) is 11.2. The quantitative estimate of drug-likeness (QED) is 0.181. The van der Waals surface area contributed by atoms with Crippen LogP contribution in [0, 0.1) is 0 Å². The van der Waals surface area contributed by atoms with Crippen LogP contribution >= 0.6 is 0 Å². The van der Waals surface area contributed by atoms with Gasteiger partial charge in [-0.3, -0.25) is 8.97 Å². The molecule has 12 aromatic rings. The molecular weight excluding hydrogens is 659 g/mol. The van der Waals surface area contributed by atoms with Crippen molar-refractivity contribution < 1.29 is 0 Å². The Balaban J connectivity index is 1.12. The minimum Gasteiger partial charge on any atom is -0.309 e. The van der Waals surface area contributed by atoms with Gasteiger partial charge >= 0.3 is 0 Å². The molecule has 0 unspecified atom stereocenters. The molecule has 0 amide bonds. The molecule has 12 rings (SSSR count). The summed E-state index contributed by atoms with van der Waals surface area (Å²) in [5.74, 6) is 0.882. The fraction of sp³-hybridized carbons (Fsp3) is 0. The van der Waals surface area contributed by atoms with E-state index in [9.17, 15) is 0 Å². The Bertz CT molecular complexity index is 3350. The van der Waals surface area contributed by atoms with E-state index in [2.05, 4.69) is 206 Å². The predicted octanol–water partition coefficient (Wildman–Crippen LogP) is 12.3. The number of para-hydroxylation sites is 8. The number of hydrogen-bond acceptors (Lipinski definition) is 1. The van der Waals surface area contributed by atoms with Gasteiger partial charge in [0.05, 0.1) is 55.5 Å². The smallest absolute Gasteiger partial charge is 0.220 e. The van der Waals surface area contributed by atoms with Crippen molar-refractivity contribution in [2.24, 2.45) is 0 Å². The van der Waals surface area contributed by atoms with E-state index >= 15 is 0 Å². The third kappa shape index (κ3) is 3.95. The van der Waals surface area contributed by atoms with Crippen molar-refractivity contribution >= 4 is 71.5 Å². The average molecular weight is 690 g/mol. The standard InChI is InChI=1S/C49H31N5/c1-7-21-40-33(15-1)34-16-2-8-22-41(34)51(40)32-29-30-39-48(31-32)54-47-28-14-13-27-46(47)53(49(54)50-39)45-26-12-6-20-38(45)37-19-5-11-25-44(37)52-42-23-9-3-17-35(42)36-18-4-10-24-43(36)52/h1-31H. The molecule has 0 N–H and O–H groups in total. The van der Waals surface area contributed by atoms with Gasteiger partial charge in [-0.05, 0) is 66.7 Å². The molecule has 0 atom stereocenters. The Labute approximate surface area is 309 Å². The molecule has 252 valence electrons. The number of aromatic nitrogens is 5. The van der Waals surface area contributed by atoms with Crippen molar-refractivity contribution in [3.8, 4) is 28.2 Å². The van der Waals surface area contributed by atoms with E-state index in [1.807, 2.05) is 0 Å². The maximum atomic E-state index is 5.38. The van der Waals surface area contributed by atoms with Crippen LogP contribution in [-0.2, 0) is 0 Å². The lowest BCUT2D eigenvalue weighted by Gasteiger charge is -2.17. The van der Waals surface area contributed by atoms with Gasteiger partial charge in [0.2, 0.25) is 5.78 Å². The molecular formula is C49H31N5. The van der Waals surface area contributed by atoms with Crippen LogP contribution in [-0.4, -0.2) is 23.1 Å². The minimum absolute atomic E-state index is 0.882. The molecule has 0 aliphatic rings. The molecule has 0 aliphatic carbocycles. The minimum atomic E-state index is 0.882. The van der Waals surface area contributed by atoms with Crippen LogP contribution in [0.25, 0.3) is 99.6 Å². The van der Waals surface area contributed by atoms with E-state index in [0.717, 1.165) is 56.0 Å². The molecule has 8 aromatic carbocycles. The van der Waals surface area contributed by atoms with Gasteiger partial charge in [-0.2, -0.15) is 0 Å². The summed E-state index contributed by atoms with van der Waals surface area (Å²) in [6, 6.07) is 67.7. The number of rotatable bonds is 4. The van der Waals surface area contributed by atoms with Gasteiger partial charge in [0.15, 0.2) is 0 Å². The molecule has 5 nitrogen and oxygen atoms in total. The molecule has 0 saturated heterocycles. The highest BCUT2D eigenvalue weighted by atomic mass is 15.2. The van der Waals surface area contributed by atoms with E-state index in [4.69, 9.17) is 4.98 Å². The SMILES string of the molecule is c1ccc(-n2c3ccccc3c3ccccc32)c(-c2ccccc2-n2c3ccccc3n3c4cc(-n5c6ccccc6c6ccccc65)ccc4nc23)c1. The van der Waals surface area contributed by atoms with Crippen molar-refractivity contribution in [3.63, 3.8) is 0 Å². The Morgan fingerprint density at radius 2 is 0.741 bits per heavy atom. The van der Waals surface area contributed by atoms with Gasteiger partial charge in [0.1, 0.15) is 0 Å². The molecule has 4 aromatic heterocycles. The maximum Gasteiger partial charge on any atom is 0.220 e. The zero-order valence-corrected chi connectivity index (χ0v) is 29.1. The highest BCUT2D eigenvalue weighted by molar-refractivity contribution is 6.11. The van der Waals surface area contributed by atoms with Crippen LogP contribution in [0.3, 0.4) is 0 Å². The topological polar surface area (TPSA) is 32.1 Å². The molecule has 4 heterocycles. The van der Waals surface area contributed by atoms with Gasteiger partial charge in [0.25, 0.3) is 0 Å². The van der Waals surface area contributed by atoms with Crippen molar-refractivity contribution in [1.29, 1.82) is 0 Å². The van der Waals surface area contributed by atoms with Crippen LogP contribution in [0.4, 0.5) is 0 Å². The molecule has 0 spiro atoms. The number of hydrogen-bond donors (Lipinski definition) is 0. The van der Waals surface area contributed by atoms with Gasteiger partial charge in [-0.1, -0.05) is 121 Å². The molecule has 54 heavy (non-hydrogen) atoms. The first-order valence-electron chi connectivity index (χ1n) is 18.4. The van der Waals surface area contributed by atoms with Crippen molar-refractivity contribution in [1.82, 2.24) is 23.1 Å². The lowest BCUT2D eigenvalue weighted by atomic mass is 10.0. The van der Waals surface area contributed by atoms with E-state index in [1.54, 1.807) is 0 Å². The first kappa shape index (κ1) is 29.2. The molecule has 0 saturated carbocycles. The molecule has 0 aliphatic heterocycles. The fourth-order valence-electron chi connectivity index (χ4n) is 8.94. The summed E-state index contributed by atoms with van der Waals surface area (Å²) < 4.78 is 9.47. The summed E-state index contributed by atoms with van der Waals surface area (Å²) >= 11 is 0. The van der Waals surface area contributed by atoms with E-state index < -0.39 is 0 Å². The summed E-state index contributed by atoms with van der Waals surface area (Å²) in [5, 5.41) is 5.00. The van der Waals surface area contributed by atoms with Crippen LogP contribution < -0.4 is 0 Å². The second-order valence-corrected chi connectivity index (χ2v) is 14.0. The Hall–Kier alpha value is -7.37. The first-order valence-corrected chi connectivity index (χ1v) is 18.4. The van der Waals surface area contributed by atoms with Crippen LogP contribution in [0.2, 0.25) is 0 Å². The van der Waals surface area contributed by atoms with E-state index in [0.29, 0.717) is 0 Å². The zero-order chi connectivity index (χ0) is 35.3. The fourth-order valence-corrected chi connectivity index (χ4v) is 8.94. The Kier molecular flexibility index (Phi) is 5.99. The Morgan fingerprint density at radius 1 is 0.315 bits per heavy atom. The highest BCUT2D eigenvalue weighted by Crippen LogP contribution is 2.40. The van der Waals surface area contributed by atoms with Gasteiger partial charge in [-0.15, -0.1) is 0 Å². The summed E-state index contributed by atoms with van der Waals surface area (Å²) in [5.41, 5.74) is 14.6. The van der Waals surface area contributed by atoms with Gasteiger partial charge in [-0.25, -0.2) is 4.98 Å². The van der Waals surface area contributed by atoms with Crippen LogP contribution in [0.5, 0.6) is 0 Å². The lowest BCUT2D eigenvalue weighted by molar-refractivity contribution is 1.11. The van der Waals surface area contributed by atoms with Crippen LogP contribution in [0.15, 0.2) is 188 Å². The normalized spacial score (nSPS) is 12.1. The predicted molar refractivity (Wildman–Crippen MR) is 224 cm³/mol. The second kappa shape index (κ2) is 11.1. The van der Waals surface area contributed by atoms with E-state index in [1.165, 1.54) is 43.6 Å². The van der Waals surface area contributed by atoms with Gasteiger partial charge < -0.3 is 9.13 Å². The summed E-state index contributed by atoms with van der Waals surface area (Å²) in [6.07, 6.45) is 0. The lowest BCUT2D eigenvalue weighted by Crippen LogP contribution is -2.01. The third-order valence-electron chi connectivity index (χ3n) is 11.2. The first-order chi connectivity index (χ1) is 26.8. The Morgan fingerprint density at radius 3 is 1.30 bits per heavy atom. The highest BCUT2D eigenvalue weighted by Gasteiger charge is 2.22. The molecule has 0 radical (unpaired) electrons. The molecule has 0 fully saturated rings. The average Bonchev–Trinajstić information content (AvgIpc) is 3.96. The number of fused-ring (bicyclic) bond motifs is 11. The number of nitrogens with zero attached hydrogens (tertiary/aromatic N) is 5. The summed E-state index contributed by atoms with van der Waals surface area (Å²) in [7, 11) is 0. The van der Waals surface area contributed by atoms with E-state index in [-0.39, 0.29) is 0 Å². The molecule has 0 bridgehead atoms. The number of imidazole rings is 2. The van der Waals surface area contributed by atoms with Crippen LogP contribution in [0.1, 0.15) is 0 Å². The zero-order valence-electron chi connectivity index (χ0n) is 29.1. The summed E-state index contributed by atoms with van der Waals surface area (Å²) in [4.78, 5) is 5.38. The van der Waals surface area contributed by atoms with Crippen molar-refractivity contribution in [3.05, 3.63) is 188 Å². The van der Waals surface area contributed by atoms with Crippen molar-refractivity contribution in [2.45, 2.75) is 0 Å². The van der Waals surface area contributed by atoms with Crippen molar-refractivity contribution in [2.75, 3.05) is 0 Å². The number of benzene rings is 8. The molecule has 5 heteroatoms. The largest absolute Gasteiger partial charge is 0.309 e.